The highest BCUT2D eigenvalue weighted by Gasteiger charge is 2.20. The summed E-state index contributed by atoms with van der Waals surface area (Å²) in [6.07, 6.45) is -0.638. The first-order valence-corrected chi connectivity index (χ1v) is 7.84. The molecular formula is C17H30NO4+. The van der Waals surface area contributed by atoms with E-state index >= 15 is 0 Å². The standard InChI is InChI=1S/C17H29NO4/c1-17(2,3)15-6-4-5-7-16(15)22-13-14(21)12-18(8-10-19)9-11-20/h4-7,14,19-21H,8-13H2,1-3H3/p+1/t14-/m0/s1. The molecule has 0 radical (unpaired) electrons. The smallest absolute Gasteiger partial charge is 0.137 e. The summed E-state index contributed by atoms with van der Waals surface area (Å²) < 4.78 is 5.79. The highest BCUT2D eigenvalue weighted by atomic mass is 16.5. The fourth-order valence-corrected chi connectivity index (χ4v) is 2.44. The summed E-state index contributed by atoms with van der Waals surface area (Å²) in [5.41, 5.74) is 1.09. The molecule has 1 rings (SSSR count). The van der Waals surface area contributed by atoms with E-state index in [4.69, 9.17) is 14.9 Å². The Hall–Kier alpha value is -1.14. The molecule has 0 aliphatic carbocycles. The molecule has 0 fully saturated rings. The Morgan fingerprint density at radius 1 is 1.09 bits per heavy atom. The van der Waals surface area contributed by atoms with Gasteiger partial charge in [-0.25, -0.2) is 0 Å². The Kier molecular flexibility index (Phi) is 7.82. The van der Waals surface area contributed by atoms with Gasteiger partial charge in [0.25, 0.3) is 0 Å². The topological polar surface area (TPSA) is 74.4 Å². The second-order valence-corrected chi connectivity index (χ2v) is 6.61. The van der Waals surface area contributed by atoms with Gasteiger partial charge in [0.2, 0.25) is 0 Å². The number of aliphatic hydroxyl groups is 3. The van der Waals surface area contributed by atoms with Gasteiger partial charge in [0.05, 0.1) is 13.2 Å². The fraction of sp³-hybridized carbons (Fsp3) is 0.647. The molecule has 0 aliphatic rings. The van der Waals surface area contributed by atoms with Gasteiger partial charge >= 0.3 is 0 Å². The number of benzene rings is 1. The van der Waals surface area contributed by atoms with Gasteiger partial charge < -0.3 is 25.0 Å². The van der Waals surface area contributed by atoms with Crippen LogP contribution >= 0.6 is 0 Å². The molecule has 0 unspecified atom stereocenters. The van der Waals surface area contributed by atoms with Crippen LogP contribution in [0.1, 0.15) is 26.3 Å². The molecule has 0 amide bonds. The third-order valence-electron chi connectivity index (χ3n) is 3.58. The van der Waals surface area contributed by atoms with E-state index in [9.17, 15) is 5.11 Å². The summed E-state index contributed by atoms with van der Waals surface area (Å²) >= 11 is 0. The zero-order valence-corrected chi connectivity index (χ0v) is 13.9. The number of hydrogen-bond acceptors (Lipinski definition) is 4. The molecule has 126 valence electrons. The third-order valence-corrected chi connectivity index (χ3v) is 3.58. The zero-order chi connectivity index (χ0) is 16.6. The van der Waals surface area contributed by atoms with Crippen LogP contribution in [0.4, 0.5) is 0 Å². The van der Waals surface area contributed by atoms with Crippen LogP contribution in [-0.4, -0.2) is 60.9 Å². The lowest BCUT2D eigenvalue weighted by molar-refractivity contribution is -0.903. The highest BCUT2D eigenvalue weighted by Crippen LogP contribution is 2.30. The van der Waals surface area contributed by atoms with Gasteiger partial charge in [-0.2, -0.15) is 0 Å². The monoisotopic (exact) mass is 312 g/mol. The van der Waals surface area contributed by atoms with E-state index in [-0.39, 0.29) is 25.2 Å². The molecule has 1 aromatic carbocycles. The number of nitrogens with one attached hydrogen (secondary N) is 1. The molecule has 0 aromatic heterocycles. The van der Waals surface area contributed by atoms with Crippen LogP contribution in [0.3, 0.4) is 0 Å². The molecule has 0 heterocycles. The lowest BCUT2D eigenvalue weighted by Gasteiger charge is -2.24. The van der Waals surface area contributed by atoms with Crippen LogP contribution in [0, 0.1) is 0 Å². The van der Waals surface area contributed by atoms with Crippen molar-refractivity contribution in [2.75, 3.05) is 39.5 Å². The van der Waals surface area contributed by atoms with Crippen molar-refractivity contribution in [2.24, 2.45) is 0 Å². The van der Waals surface area contributed by atoms with Crippen molar-refractivity contribution in [3.8, 4) is 5.75 Å². The first-order chi connectivity index (χ1) is 10.4. The Bertz CT molecular complexity index is 425. The minimum atomic E-state index is -0.638. The number of hydrogen-bond donors (Lipinski definition) is 4. The molecule has 0 saturated heterocycles. The van der Waals surface area contributed by atoms with E-state index in [0.29, 0.717) is 19.6 Å². The van der Waals surface area contributed by atoms with Crippen molar-refractivity contribution in [3.05, 3.63) is 29.8 Å². The molecule has 0 bridgehead atoms. The average Bonchev–Trinajstić information content (AvgIpc) is 2.45. The van der Waals surface area contributed by atoms with Gasteiger partial charge in [-0.1, -0.05) is 39.0 Å². The predicted molar refractivity (Wildman–Crippen MR) is 86.4 cm³/mol. The van der Waals surface area contributed by atoms with E-state index in [0.717, 1.165) is 16.2 Å². The van der Waals surface area contributed by atoms with Crippen molar-refractivity contribution in [3.63, 3.8) is 0 Å². The first kappa shape index (κ1) is 18.9. The normalized spacial score (nSPS) is 13.4. The van der Waals surface area contributed by atoms with Gasteiger partial charge in [0, 0.05) is 0 Å². The minimum absolute atomic E-state index is 0.0212. The Labute approximate surface area is 133 Å². The van der Waals surface area contributed by atoms with E-state index in [1.165, 1.54) is 0 Å². The summed E-state index contributed by atoms with van der Waals surface area (Å²) in [5, 5.41) is 28.1. The quantitative estimate of drug-likeness (QED) is 0.500. The number of para-hydroxylation sites is 1. The Balaban J connectivity index is 2.59. The lowest BCUT2D eigenvalue weighted by Crippen LogP contribution is -3.14. The van der Waals surface area contributed by atoms with Crippen LogP contribution in [-0.2, 0) is 5.41 Å². The molecule has 5 heteroatoms. The van der Waals surface area contributed by atoms with Crippen molar-refractivity contribution < 1.29 is 25.0 Å². The zero-order valence-electron chi connectivity index (χ0n) is 13.9. The maximum atomic E-state index is 10.1. The van der Waals surface area contributed by atoms with E-state index in [1.807, 2.05) is 24.3 Å². The molecule has 5 nitrogen and oxygen atoms in total. The maximum absolute atomic E-state index is 10.1. The summed E-state index contributed by atoms with van der Waals surface area (Å²) in [6, 6.07) is 7.86. The summed E-state index contributed by atoms with van der Waals surface area (Å²) in [5.74, 6) is 0.792. The molecule has 1 aromatic rings. The number of quaternary nitrogens is 1. The first-order valence-electron chi connectivity index (χ1n) is 7.84. The molecular weight excluding hydrogens is 282 g/mol. The molecule has 0 aliphatic heterocycles. The SMILES string of the molecule is CC(C)(C)c1ccccc1OC[C@@H](O)C[NH+](CCO)CCO. The lowest BCUT2D eigenvalue weighted by atomic mass is 9.86. The summed E-state index contributed by atoms with van der Waals surface area (Å²) in [6.45, 7) is 8.12. The second-order valence-electron chi connectivity index (χ2n) is 6.61. The van der Waals surface area contributed by atoms with Crippen molar-refractivity contribution in [2.45, 2.75) is 32.3 Å². The minimum Gasteiger partial charge on any atom is -0.490 e. The fourth-order valence-electron chi connectivity index (χ4n) is 2.44. The van der Waals surface area contributed by atoms with Gasteiger partial charge in [-0.15, -0.1) is 0 Å². The number of rotatable bonds is 9. The van der Waals surface area contributed by atoms with Crippen LogP contribution < -0.4 is 9.64 Å². The Morgan fingerprint density at radius 3 is 2.23 bits per heavy atom. The molecule has 4 N–H and O–H groups in total. The second kappa shape index (κ2) is 9.10. The Morgan fingerprint density at radius 2 is 1.68 bits per heavy atom. The highest BCUT2D eigenvalue weighted by molar-refractivity contribution is 5.38. The van der Waals surface area contributed by atoms with Gasteiger partial charge in [0.1, 0.15) is 38.1 Å². The van der Waals surface area contributed by atoms with Crippen LogP contribution in [0.25, 0.3) is 0 Å². The van der Waals surface area contributed by atoms with Crippen molar-refractivity contribution in [1.29, 1.82) is 0 Å². The number of ether oxygens (including phenoxy) is 1. The molecule has 22 heavy (non-hydrogen) atoms. The number of aliphatic hydroxyl groups excluding tert-OH is 3. The van der Waals surface area contributed by atoms with E-state index in [2.05, 4.69) is 20.8 Å². The maximum Gasteiger partial charge on any atom is 0.137 e. The van der Waals surface area contributed by atoms with Crippen LogP contribution in [0.15, 0.2) is 24.3 Å². The van der Waals surface area contributed by atoms with Crippen molar-refractivity contribution >= 4 is 0 Å². The van der Waals surface area contributed by atoms with E-state index in [1.54, 1.807) is 0 Å². The molecule has 1 atom stereocenters. The van der Waals surface area contributed by atoms with Crippen LogP contribution in [0.5, 0.6) is 5.75 Å². The largest absolute Gasteiger partial charge is 0.490 e. The third kappa shape index (κ3) is 6.32. The predicted octanol–water partition coefficient (Wildman–Crippen LogP) is -0.407. The van der Waals surface area contributed by atoms with Gasteiger partial charge in [-0.05, 0) is 17.0 Å². The average molecular weight is 312 g/mol. The molecule has 0 spiro atoms. The van der Waals surface area contributed by atoms with E-state index < -0.39 is 6.10 Å². The summed E-state index contributed by atoms with van der Waals surface area (Å²) in [4.78, 5) is 0.963. The van der Waals surface area contributed by atoms with Gasteiger partial charge in [-0.3, -0.25) is 0 Å². The molecule has 0 saturated carbocycles. The van der Waals surface area contributed by atoms with Gasteiger partial charge in [0.15, 0.2) is 0 Å². The summed E-state index contributed by atoms with van der Waals surface area (Å²) in [7, 11) is 0. The van der Waals surface area contributed by atoms with Crippen molar-refractivity contribution in [1.82, 2.24) is 0 Å². The van der Waals surface area contributed by atoms with Crippen LogP contribution in [0.2, 0.25) is 0 Å².